The lowest BCUT2D eigenvalue weighted by Gasteiger charge is -2.32. The van der Waals surface area contributed by atoms with Gasteiger partial charge in [-0.1, -0.05) is 11.6 Å². The highest BCUT2D eigenvalue weighted by Gasteiger charge is 2.36. The second kappa shape index (κ2) is 8.75. The molecule has 4 rings (SSSR count). The quantitative estimate of drug-likeness (QED) is 0.473. The molecule has 3 heterocycles. The van der Waals surface area contributed by atoms with Gasteiger partial charge in [-0.05, 0) is 32.0 Å². The fraction of sp³-hybridized carbons (Fsp3) is 0.304. The Morgan fingerprint density at radius 3 is 2.65 bits per heavy atom. The number of pyridine rings is 1. The molecule has 1 aromatic carbocycles. The van der Waals surface area contributed by atoms with E-state index >= 15 is 0 Å². The minimum Gasteiger partial charge on any atom is -0.495 e. The van der Waals surface area contributed by atoms with E-state index in [1.807, 2.05) is 6.92 Å². The highest BCUT2D eigenvalue weighted by molar-refractivity contribution is 6.31. The van der Waals surface area contributed by atoms with Crippen LogP contribution in [0.15, 0.2) is 36.8 Å². The van der Waals surface area contributed by atoms with Crippen LogP contribution in [-0.4, -0.2) is 40.1 Å². The van der Waals surface area contributed by atoms with Gasteiger partial charge in [-0.25, -0.2) is 0 Å². The molecule has 0 unspecified atom stereocenters. The van der Waals surface area contributed by atoms with Gasteiger partial charge in [-0.3, -0.25) is 19.3 Å². The number of nitrogens with zero attached hydrogens (tertiary/aromatic N) is 4. The number of hydrogen-bond donors (Lipinski definition) is 0. The Balaban J connectivity index is 1.67. The molecule has 0 spiro atoms. The average molecular weight is 493 g/mol. The monoisotopic (exact) mass is 492 g/mol. The van der Waals surface area contributed by atoms with Gasteiger partial charge in [-0.15, -0.1) is 0 Å². The molecule has 11 heteroatoms. The third-order valence-electron chi connectivity index (χ3n) is 5.79. The lowest BCUT2D eigenvalue weighted by molar-refractivity contribution is -0.137. The summed E-state index contributed by atoms with van der Waals surface area (Å²) in [5.74, 6) is -0.275. The van der Waals surface area contributed by atoms with Gasteiger partial charge in [0.05, 0.1) is 36.1 Å². The summed E-state index contributed by atoms with van der Waals surface area (Å²) in [5, 5.41) is 3.79. The number of rotatable bonds is 5. The molecule has 0 saturated carbocycles. The van der Waals surface area contributed by atoms with Crippen molar-refractivity contribution in [3.8, 4) is 5.75 Å². The number of alkyl halides is 3. The number of Topliss-reactive ketones (excluding diaryl/α,β-unsaturated/α-hetero) is 1. The predicted octanol–water partition coefficient (Wildman–Crippen LogP) is 4.91. The number of methoxy groups -OCH3 is 1. The SMILES string of the molecule is COc1cncc(C(=O)Cc2cnn3c2C(=O)N(c2ccc(C(F)(F)F)c(Cl)c2)C[C@@H]3C)c1C. The van der Waals surface area contributed by atoms with Gasteiger partial charge in [0.1, 0.15) is 11.4 Å². The summed E-state index contributed by atoms with van der Waals surface area (Å²) in [4.78, 5) is 31.8. The molecule has 3 aromatic rings. The maximum atomic E-state index is 13.4. The van der Waals surface area contributed by atoms with Gasteiger partial charge < -0.3 is 9.64 Å². The number of fused-ring (bicyclic) bond motifs is 1. The molecule has 0 saturated heterocycles. The van der Waals surface area contributed by atoms with Crippen molar-refractivity contribution in [1.29, 1.82) is 0 Å². The van der Waals surface area contributed by atoms with Gasteiger partial charge >= 0.3 is 6.18 Å². The molecule has 1 amide bonds. The smallest absolute Gasteiger partial charge is 0.417 e. The van der Waals surface area contributed by atoms with E-state index in [1.165, 1.54) is 41.3 Å². The zero-order valence-electron chi connectivity index (χ0n) is 18.5. The molecule has 0 N–H and O–H groups in total. The number of amides is 1. The van der Waals surface area contributed by atoms with Crippen LogP contribution in [0.1, 0.15) is 50.5 Å². The van der Waals surface area contributed by atoms with E-state index in [0.29, 0.717) is 22.4 Å². The summed E-state index contributed by atoms with van der Waals surface area (Å²) in [5.41, 5.74) is 0.857. The lowest BCUT2D eigenvalue weighted by Crippen LogP contribution is -2.43. The molecule has 178 valence electrons. The van der Waals surface area contributed by atoms with E-state index in [0.717, 1.165) is 12.1 Å². The Bertz CT molecular complexity index is 1290. The van der Waals surface area contributed by atoms with E-state index < -0.39 is 22.7 Å². The molecule has 1 aliphatic rings. The normalized spacial score (nSPS) is 15.9. The number of hydrogen-bond acceptors (Lipinski definition) is 5. The molecular weight excluding hydrogens is 473 g/mol. The molecule has 0 bridgehead atoms. The Morgan fingerprint density at radius 1 is 1.26 bits per heavy atom. The molecule has 0 radical (unpaired) electrons. The summed E-state index contributed by atoms with van der Waals surface area (Å²) in [6.07, 6.45) is -0.295. The standard InChI is InChI=1S/C23H20ClF3N4O3/c1-12-11-30(15-4-5-17(18(24)7-15)23(25,26)27)22(33)21-14(8-29-31(12)21)6-19(32)16-9-28-10-20(34-3)13(16)2/h4-5,7-10,12H,6,11H2,1-3H3/t12-/m0/s1. The van der Waals surface area contributed by atoms with Crippen LogP contribution in [0, 0.1) is 6.92 Å². The van der Waals surface area contributed by atoms with Crippen molar-refractivity contribution in [3.05, 3.63) is 69.8 Å². The Labute approximate surface area is 198 Å². The number of anilines is 1. The first-order valence-corrected chi connectivity index (χ1v) is 10.7. The maximum absolute atomic E-state index is 13.4. The van der Waals surface area contributed by atoms with E-state index in [4.69, 9.17) is 16.3 Å². The number of aromatic nitrogens is 3. The Kier molecular flexibility index (Phi) is 6.11. The molecule has 0 fully saturated rings. The zero-order chi connectivity index (χ0) is 24.8. The van der Waals surface area contributed by atoms with Crippen LogP contribution in [-0.2, 0) is 12.6 Å². The first-order valence-electron chi connectivity index (χ1n) is 10.3. The van der Waals surface area contributed by atoms with Crippen molar-refractivity contribution in [2.45, 2.75) is 32.5 Å². The van der Waals surface area contributed by atoms with Crippen LogP contribution in [0.4, 0.5) is 18.9 Å². The van der Waals surface area contributed by atoms with Crippen LogP contribution in [0.5, 0.6) is 5.75 Å². The molecule has 7 nitrogen and oxygen atoms in total. The van der Waals surface area contributed by atoms with E-state index in [9.17, 15) is 22.8 Å². The van der Waals surface area contributed by atoms with E-state index in [2.05, 4.69) is 10.1 Å². The number of carbonyl (C=O) groups excluding carboxylic acids is 2. The van der Waals surface area contributed by atoms with Crippen molar-refractivity contribution in [1.82, 2.24) is 14.8 Å². The van der Waals surface area contributed by atoms with Crippen molar-refractivity contribution in [3.63, 3.8) is 0 Å². The van der Waals surface area contributed by atoms with Gasteiger partial charge in [0.2, 0.25) is 0 Å². The van der Waals surface area contributed by atoms with Crippen molar-refractivity contribution in [2.24, 2.45) is 0 Å². The number of halogens is 4. The number of benzene rings is 1. The molecule has 34 heavy (non-hydrogen) atoms. The van der Waals surface area contributed by atoms with Gasteiger partial charge in [-0.2, -0.15) is 18.3 Å². The fourth-order valence-electron chi connectivity index (χ4n) is 4.03. The largest absolute Gasteiger partial charge is 0.495 e. The average Bonchev–Trinajstić information content (AvgIpc) is 3.19. The fourth-order valence-corrected chi connectivity index (χ4v) is 4.32. The van der Waals surface area contributed by atoms with Crippen molar-refractivity contribution in [2.75, 3.05) is 18.6 Å². The lowest BCUT2D eigenvalue weighted by atomic mass is 9.99. The number of ether oxygens (including phenoxy) is 1. The second-order valence-electron chi connectivity index (χ2n) is 8.00. The minimum atomic E-state index is -4.60. The summed E-state index contributed by atoms with van der Waals surface area (Å²) in [7, 11) is 1.48. The highest BCUT2D eigenvalue weighted by Crippen LogP contribution is 2.38. The number of ketones is 1. The molecule has 2 aromatic heterocycles. The van der Waals surface area contributed by atoms with Crippen molar-refractivity contribution < 1.29 is 27.5 Å². The Hall–Kier alpha value is -3.40. The summed E-state index contributed by atoms with van der Waals surface area (Å²) < 4.78 is 46.0. The third kappa shape index (κ3) is 4.13. The second-order valence-corrected chi connectivity index (χ2v) is 8.41. The first kappa shape index (κ1) is 23.7. The molecule has 1 atom stereocenters. The summed E-state index contributed by atoms with van der Waals surface area (Å²) in [6.45, 7) is 3.75. The summed E-state index contributed by atoms with van der Waals surface area (Å²) >= 11 is 5.87. The first-order chi connectivity index (χ1) is 16.0. The summed E-state index contributed by atoms with van der Waals surface area (Å²) in [6, 6.07) is 2.90. The van der Waals surface area contributed by atoms with Gasteiger partial charge in [0.15, 0.2) is 5.78 Å². The van der Waals surface area contributed by atoms with Crippen LogP contribution < -0.4 is 9.64 Å². The highest BCUT2D eigenvalue weighted by atomic mass is 35.5. The van der Waals surface area contributed by atoms with E-state index in [-0.39, 0.29) is 36.2 Å². The maximum Gasteiger partial charge on any atom is 0.417 e. The minimum absolute atomic E-state index is 0.106. The molecule has 0 aliphatic carbocycles. The van der Waals surface area contributed by atoms with Crippen LogP contribution in [0.2, 0.25) is 5.02 Å². The molecule has 1 aliphatic heterocycles. The number of carbonyl (C=O) groups is 2. The molecular formula is C23H20ClF3N4O3. The topological polar surface area (TPSA) is 77.3 Å². The van der Waals surface area contributed by atoms with Crippen LogP contribution in [0.3, 0.4) is 0 Å². The predicted molar refractivity (Wildman–Crippen MR) is 119 cm³/mol. The van der Waals surface area contributed by atoms with Crippen LogP contribution >= 0.6 is 11.6 Å². The zero-order valence-corrected chi connectivity index (χ0v) is 19.2. The Morgan fingerprint density at radius 2 is 2.00 bits per heavy atom. The van der Waals surface area contributed by atoms with Crippen LogP contribution in [0.25, 0.3) is 0 Å². The van der Waals surface area contributed by atoms with Crippen molar-refractivity contribution >= 4 is 29.0 Å². The third-order valence-corrected chi connectivity index (χ3v) is 6.11. The van der Waals surface area contributed by atoms with Gasteiger partial charge in [0, 0.05) is 41.5 Å². The van der Waals surface area contributed by atoms with E-state index in [1.54, 1.807) is 6.92 Å². The van der Waals surface area contributed by atoms with Gasteiger partial charge in [0.25, 0.3) is 5.91 Å².